The van der Waals surface area contributed by atoms with Gasteiger partial charge in [-0.25, -0.2) is 0 Å². The molecule has 1 aromatic rings. The number of rotatable bonds is 5. The summed E-state index contributed by atoms with van der Waals surface area (Å²) >= 11 is 0. The molecule has 0 spiro atoms. The Morgan fingerprint density at radius 3 is 2.65 bits per heavy atom. The number of Topliss-reactive ketones (excluding diaryl/α,β-unsaturated/α-hetero) is 1. The number of hydrogen-bond donors (Lipinski definition) is 1. The average Bonchev–Trinajstić information content (AvgIpc) is 2.76. The van der Waals surface area contributed by atoms with E-state index in [2.05, 4.69) is 17.0 Å². The van der Waals surface area contributed by atoms with Gasteiger partial charge >= 0.3 is 0 Å². The molecule has 0 radical (unpaired) electrons. The molecule has 0 heterocycles. The molecular weight excluding hydrogens is 214 g/mol. The largest absolute Gasteiger partial charge is 0.395 e. The van der Waals surface area contributed by atoms with E-state index < -0.39 is 0 Å². The van der Waals surface area contributed by atoms with Crippen molar-refractivity contribution in [1.82, 2.24) is 4.90 Å². The summed E-state index contributed by atoms with van der Waals surface area (Å²) in [6.45, 7) is 1.43. The third-order valence-electron chi connectivity index (χ3n) is 3.33. The Balaban J connectivity index is 2.04. The molecule has 1 aromatic carbocycles. The fourth-order valence-electron chi connectivity index (χ4n) is 2.47. The van der Waals surface area contributed by atoms with E-state index >= 15 is 0 Å². The molecule has 1 fully saturated rings. The molecule has 0 aliphatic heterocycles. The topological polar surface area (TPSA) is 40.5 Å². The molecule has 0 aromatic heterocycles. The van der Waals surface area contributed by atoms with Gasteiger partial charge in [-0.1, -0.05) is 30.3 Å². The lowest BCUT2D eigenvalue weighted by atomic mass is 10.1. The summed E-state index contributed by atoms with van der Waals surface area (Å²) in [5.74, 6) is 0.328. The molecule has 3 nitrogen and oxygen atoms in total. The highest BCUT2D eigenvalue weighted by Crippen LogP contribution is 2.21. The van der Waals surface area contributed by atoms with Crippen molar-refractivity contribution in [2.24, 2.45) is 0 Å². The molecule has 1 saturated carbocycles. The van der Waals surface area contributed by atoms with E-state index in [0.717, 1.165) is 19.4 Å². The maximum absolute atomic E-state index is 11.8. The molecule has 1 unspecified atom stereocenters. The Kier molecular flexibility index (Phi) is 4.29. The molecule has 1 N–H and O–H groups in total. The van der Waals surface area contributed by atoms with E-state index in [1.54, 1.807) is 0 Å². The molecule has 0 bridgehead atoms. The summed E-state index contributed by atoms with van der Waals surface area (Å²) in [5, 5.41) is 9.11. The smallest absolute Gasteiger partial charge is 0.149 e. The molecule has 92 valence electrons. The number of aliphatic hydroxyl groups is 1. The fraction of sp³-hybridized carbons (Fsp3) is 0.500. The van der Waals surface area contributed by atoms with Crippen molar-refractivity contribution in [3.8, 4) is 0 Å². The number of ketones is 1. The zero-order chi connectivity index (χ0) is 12.1. The van der Waals surface area contributed by atoms with Crippen LogP contribution in [0.5, 0.6) is 0 Å². The second-order valence-electron chi connectivity index (χ2n) is 4.55. The lowest BCUT2D eigenvalue weighted by Gasteiger charge is -2.26. The summed E-state index contributed by atoms with van der Waals surface area (Å²) in [4.78, 5) is 13.9. The van der Waals surface area contributed by atoms with Crippen LogP contribution in [0.4, 0.5) is 0 Å². The van der Waals surface area contributed by atoms with Crippen LogP contribution in [0.3, 0.4) is 0 Å². The first-order chi connectivity index (χ1) is 8.31. The van der Waals surface area contributed by atoms with Crippen LogP contribution in [-0.2, 0) is 11.3 Å². The van der Waals surface area contributed by atoms with Gasteiger partial charge in [0, 0.05) is 19.5 Å². The van der Waals surface area contributed by atoms with Gasteiger partial charge in [0.2, 0.25) is 0 Å². The molecule has 1 aliphatic rings. The van der Waals surface area contributed by atoms with Gasteiger partial charge in [-0.2, -0.15) is 0 Å². The molecule has 0 amide bonds. The van der Waals surface area contributed by atoms with Crippen LogP contribution in [0.1, 0.15) is 24.8 Å². The van der Waals surface area contributed by atoms with Crippen molar-refractivity contribution < 1.29 is 9.90 Å². The molecule has 0 saturated heterocycles. The van der Waals surface area contributed by atoms with Crippen molar-refractivity contribution in [3.05, 3.63) is 35.9 Å². The summed E-state index contributed by atoms with van der Waals surface area (Å²) < 4.78 is 0. The minimum Gasteiger partial charge on any atom is -0.395 e. The van der Waals surface area contributed by atoms with Crippen LogP contribution >= 0.6 is 0 Å². The van der Waals surface area contributed by atoms with Crippen LogP contribution in [0.2, 0.25) is 0 Å². The maximum Gasteiger partial charge on any atom is 0.149 e. The van der Waals surface area contributed by atoms with Crippen LogP contribution in [0.15, 0.2) is 30.3 Å². The Labute approximate surface area is 102 Å². The van der Waals surface area contributed by atoms with Gasteiger partial charge in [0.1, 0.15) is 5.78 Å². The molecule has 3 heteroatoms. The molecule has 1 atom stereocenters. The lowest BCUT2D eigenvalue weighted by Crippen LogP contribution is -2.39. The summed E-state index contributed by atoms with van der Waals surface area (Å²) in [6.07, 6.45) is 2.62. The SMILES string of the molecule is O=C1CCCC1N(CCO)Cc1ccccc1. The van der Waals surface area contributed by atoms with E-state index in [4.69, 9.17) is 5.11 Å². The van der Waals surface area contributed by atoms with Gasteiger partial charge in [-0.05, 0) is 18.4 Å². The normalized spacial score (nSPS) is 20.1. The van der Waals surface area contributed by atoms with Gasteiger partial charge in [0.15, 0.2) is 0 Å². The van der Waals surface area contributed by atoms with Crippen molar-refractivity contribution in [2.75, 3.05) is 13.2 Å². The molecule has 17 heavy (non-hydrogen) atoms. The minimum absolute atomic E-state index is 0.0161. The predicted octanol–water partition coefficient (Wildman–Crippen LogP) is 1.60. The van der Waals surface area contributed by atoms with Crippen LogP contribution in [-0.4, -0.2) is 35.0 Å². The third-order valence-corrected chi connectivity index (χ3v) is 3.33. The van der Waals surface area contributed by atoms with Gasteiger partial charge in [0.25, 0.3) is 0 Å². The van der Waals surface area contributed by atoms with Gasteiger partial charge in [-0.15, -0.1) is 0 Å². The van der Waals surface area contributed by atoms with Crippen LogP contribution in [0, 0.1) is 0 Å². The Hall–Kier alpha value is -1.19. The highest BCUT2D eigenvalue weighted by atomic mass is 16.3. The number of carbonyl (C=O) groups excluding carboxylic acids is 1. The first-order valence-electron chi connectivity index (χ1n) is 6.23. The Morgan fingerprint density at radius 1 is 1.29 bits per heavy atom. The highest BCUT2D eigenvalue weighted by molar-refractivity contribution is 5.85. The molecule has 2 rings (SSSR count). The van der Waals surface area contributed by atoms with E-state index in [9.17, 15) is 4.79 Å². The highest BCUT2D eigenvalue weighted by Gasteiger charge is 2.29. The van der Waals surface area contributed by atoms with E-state index in [1.807, 2.05) is 18.2 Å². The number of hydrogen-bond acceptors (Lipinski definition) is 3. The van der Waals surface area contributed by atoms with Crippen LogP contribution < -0.4 is 0 Å². The lowest BCUT2D eigenvalue weighted by molar-refractivity contribution is -0.122. The summed E-state index contributed by atoms with van der Waals surface area (Å²) in [7, 11) is 0. The summed E-state index contributed by atoms with van der Waals surface area (Å²) in [6, 6.07) is 10.1. The Morgan fingerprint density at radius 2 is 2.06 bits per heavy atom. The zero-order valence-electron chi connectivity index (χ0n) is 10.0. The van der Waals surface area contributed by atoms with E-state index in [-0.39, 0.29) is 12.6 Å². The number of nitrogens with zero attached hydrogens (tertiary/aromatic N) is 1. The number of benzene rings is 1. The van der Waals surface area contributed by atoms with Crippen molar-refractivity contribution in [3.63, 3.8) is 0 Å². The quantitative estimate of drug-likeness (QED) is 0.840. The monoisotopic (exact) mass is 233 g/mol. The zero-order valence-corrected chi connectivity index (χ0v) is 10.0. The standard InChI is InChI=1S/C14H19NO2/c16-10-9-15(13-7-4-8-14(13)17)11-12-5-2-1-3-6-12/h1-3,5-6,13,16H,4,7-11H2. The minimum atomic E-state index is 0.0161. The summed E-state index contributed by atoms with van der Waals surface area (Å²) in [5.41, 5.74) is 1.20. The predicted molar refractivity (Wildman–Crippen MR) is 66.6 cm³/mol. The molecule has 1 aliphatic carbocycles. The van der Waals surface area contributed by atoms with Crippen molar-refractivity contribution in [2.45, 2.75) is 31.8 Å². The third kappa shape index (κ3) is 3.14. The maximum atomic E-state index is 11.8. The second-order valence-corrected chi connectivity index (χ2v) is 4.55. The fourth-order valence-corrected chi connectivity index (χ4v) is 2.47. The number of aliphatic hydroxyl groups excluding tert-OH is 1. The van der Waals surface area contributed by atoms with Crippen molar-refractivity contribution >= 4 is 5.78 Å². The van der Waals surface area contributed by atoms with Crippen molar-refractivity contribution in [1.29, 1.82) is 0 Å². The first kappa shape index (κ1) is 12.3. The van der Waals surface area contributed by atoms with E-state index in [1.165, 1.54) is 5.56 Å². The second kappa shape index (κ2) is 5.94. The number of carbonyl (C=O) groups is 1. The Bertz CT molecular complexity index is 364. The molecular formula is C14H19NO2. The van der Waals surface area contributed by atoms with Gasteiger partial charge in [0.05, 0.1) is 12.6 Å². The van der Waals surface area contributed by atoms with E-state index in [0.29, 0.717) is 18.7 Å². The first-order valence-corrected chi connectivity index (χ1v) is 6.23. The average molecular weight is 233 g/mol. The van der Waals surface area contributed by atoms with Gasteiger partial charge in [-0.3, -0.25) is 9.69 Å². The van der Waals surface area contributed by atoms with Gasteiger partial charge < -0.3 is 5.11 Å². The van der Waals surface area contributed by atoms with Crippen LogP contribution in [0.25, 0.3) is 0 Å².